The van der Waals surface area contributed by atoms with Crippen LogP contribution in [0, 0.1) is 0 Å². The highest BCUT2D eigenvalue weighted by atomic mass is 16.3. The Morgan fingerprint density at radius 3 is 2.67 bits per heavy atom. The summed E-state index contributed by atoms with van der Waals surface area (Å²) in [5.74, 6) is 0. The van der Waals surface area contributed by atoms with E-state index in [-0.39, 0.29) is 12.1 Å². The lowest BCUT2D eigenvalue weighted by Crippen LogP contribution is -2.20. The highest BCUT2D eigenvalue weighted by Crippen LogP contribution is 2.19. The van der Waals surface area contributed by atoms with Crippen molar-refractivity contribution in [1.29, 1.82) is 0 Å². The fourth-order valence-corrected chi connectivity index (χ4v) is 1.89. The van der Waals surface area contributed by atoms with E-state index in [9.17, 15) is 5.11 Å². The Bertz CT molecular complexity index is 244. The largest absolute Gasteiger partial charge is 0.391 e. The van der Waals surface area contributed by atoms with E-state index in [1.807, 2.05) is 17.7 Å². The van der Waals surface area contributed by atoms with Gasteiger partial charge in [-0.25, -0.2) is 4.98 Å². The molecule has 0 radical (unpaired) electrons. The zero-order valence-corrected chi connectivity index (χ0v) is 9.76. The summed E-state index contributed by atoms with van der Waals surface area (Å²) < 4.78 is 2.01. The summed E-state index contributed by atoms with van der Waals surface area (Å²) >= 11 is 0. The Hall–Kier alpha value is -0.830. The van der Waals surface area contributed by atoms with Crippen LogP contribution in [-0.2, 0) is 0 Å². The summed E-state index contributed by atoms with van der Waals surface area (Å²) in [6.45, 7) is 4.06. The second kappa shape index (κ2) is 6.62. The molecule has 0 aliphatic carbocycles. The molecular formula is C12H22N2O. The molecule has 3 heteroatoms. The number of aliphatic hydroxyl groups is 1. The van der Waals surface area contributed by atoms with Crippen LogP contribution >= 0.6 is 0 Å². The predicted molar refractivity (Wildman–Crippen MR) is 61.7 cm³/mol. The molecule has 0 spiro atoms. The number of aromatic nitrogens is 2. The van der Waals surface area contributed by atoms with E-state index < -0.39 is 0 Å². The van der Waals surface area contributed by atoms with Crippen molar-refractivity contribution < 1.29 is 5.11 Å². The van der Waals surface area contributed by atoms with Crippen molar-refractivity contribution in [2.75, 3.05) is 0 Å². The van der Waals surface area contributed by atoms with Gasteiger partial charge in [-0.1, -0.05) is 32.6 Å². The third-order valence-electron chi connectivity index (χ3n) is 2.82. The fraction of sp³-hybridized carbons (Fsp3) is 0.750. The molecule has 0 fully saturated rings. The maximum Gasteiger partial charge on any atom is 0.0949 e. The third-order valence-corrected chi connectivity index (χ3v) is 2.82. The first kappa shape index (κ1) is 12.2. The van der Waals surface area contributed by atoms with E-state index in [0.717, 1.165) is 6.42 Å². The van der Waals surface area contributed by atoms with Gasteiger partial charge in [-0.05, 0) is 13.3 Å². The van der Waals surface area contributed by atoms with Gasteiger partial charge in [-0.15, -0.1) is 0 Å². The summed E-state index contributed by atoms with van der Waals surface area (Å²) in [5.41, 5.74) is 0. The average Bonchev–Trinajstić information content (AvgIpc) is 2.70. The van der Waals surface area contributed by atoms with Crippen molar-refractivity contribution in [2.24, 2.45) is 0 Å². The van der Waals surface area contributed by atoms with E-state index in [2.05, 4.69) is 11.9 Å². The van der Waals surface area contributed by atoms with Gasteiger partial charge in [-0.2, -0.15) is 0 Å². The molecule has 3 nitrogen and oxygen atoms in total. The molecule has 15 heavy (non-hydrogen) atoms. The summed E-state index contributed by atoms with van der Waals surface area (Å²) in [6, 6.07) is 0.185. The summed E-state index contributed by atoms with van der Waals surface area (Å²) in [6.07, 6.45) is 11.2. The Balaban J connectivity index is 2.39. The van der Waals surface area contributed by atoms with Crippen LogP contribution in [0.15, 0.2) is 18.7 Å². The molecule has 0 bridgehead atoms. The van der Waals surface area contributed by atoms with Crippen molar-refractivity contribution in [3.8, 4) is 0 Å². The van der Waals surface area contributed by atoms with E-state index >= 15 is 0 Å². The van der Waals surface area contributed by atoms with Gasteiger partial charge >= 0.3 is 0 Å². The van der Waals surface area contributed by atoms with Crippen LogP contribution in [0.4, 0.5) is 0 Å². The number of unbranched alkanes of at least 4 members (excludes halogenated alkanes) is 3. The van der Waals surface area contributed by atoms with Gasteiger partial charge in [0.05, 0.1) is 18.5 Å². The van der Waals surface area contributed by atoms with Crippen LogP contribution in [0.2, 0.25) is 0 Å². The molecule has 0 unspecified atom stereocenters. The van der Waals surface area contributed by atoms with Crippen molar-refractivity contribution in [2.45, 2.75) is 58.1 Å². The van der Waals surface area contributed by atoms with Crippen molar-refractivity contribution in [3.63, 3.8) is 0 Å². The van der Waals surface area contributed by atoms with Gasteiger partial charge in [0.15, 0.2) is 0 Å². The number of hydrogen-bond acceptors (Lipinski definition) is 2. The molecule has 0 aliphatic heterocycles. The van der Waals surface area contributed by atoms with Crippen molar-refractivity contribution >= 4 is 0 Å². The second-order valence-electron chi connectivity index (χ2n) is 4.17. The molecular weight excluding hydrogens is 188 g/mol. The average molecular weight is 210 g/mol. The second-order valence-corrected chi connectivity index (χ2v) is 4.17. The predicted octanol–water partition coefficient (Wildman–Crippen LogP) is 2.78. The SMILES string of the molecule is CCCCCC[C@H]([C@@H](C)O)n1ccnc1. The lowest BCUT2D eigenvalue weighted by atomic mass is 10.0. The Morgan fingerprint density at radius 1 is 1.33 bits per heavy atom. The van der Waals surface area contributed by atoms with Gasteiger partial charge in [0.25, 0.3) is 0 Å². The number of nitrogens with zero attached hydrogens (tertiary/aromatic N) is 2. The van der Waals surface area contributed by atoms with Crippen molar-refractivity contribution in [3.05, 3.63) is 18.7 Å². The minimum atomic E-state index is -0.305. The van der Waals surface area contributed by atoms with Crippen LogP contribution in [0.3, 0.4) is 0 Å². The monoisotopic (exact) mass is 210 g/mol. The van der Waals surface area contributed by atoms with Gasteiger partial charge < -0.3 is 9.67 Å². The molecule has 86 valence electrons. The van der Waals surface area contributed by atoms with Gasteiger partial charge in [0.2, 0.25) is 0 Å². The minimum absolute atomic E-state index is 0.185. The lowest BCUT2D eigenvalue weighted by Gasteiger charge is -2.21. The molecule has 1 N–H and O–H groups in total. The zero-order valence-electron chi connectivity index (χ0n) is 9.76. The molecule has 0 aliphatic rings. The fourth-order valence-electron chi connectivity index (χ4n) is 1.89. The van der Waals surface area contributed by atoms with Gasteiger partial charge in [0.1, 0.15) is 0 Å². The number of imidazole rings is 1. The van der Waals surface area contributed by atoms with Crippen LogP contribution in [-0.4, -0.2) is 20.8 Å². The van der Waals surface area contributed by atoms with Crippen LogP contribution in [0.1, 0.15) is 52.0 Å². The van der Waals surface area contributed by atoms with Crippen LogP contribution in [0.5, 0.6) is 0 Å². The molecule has 1 aromatic rings. The quantitative estimate of drug-likeness (QED) is 0.703. The lowest BCUT2D eigenvalue weighted by molar-refractivity contribution is 0.122. The smallest absolute Gasteiger partial charge is 0.0949 e. The Kier molecular flexibility index (Phi) is 5.40. The first-order chi connectivity index (χ1) is 7.25. The number of aliphatic hydroxyl groups excluding tert-OH is 1. The summed E-state index contributed by atoms with van der Waals surface area (Å²) in [7, 11) is 0. The third kappa shape index (κ3) is 4.04. The van der Waals surface area contributed by atoms with E-state index in [4.69, 9.17) is 0 Å². The van der Waals surface area contributed by atoms with Crippen LogP contribution < -0.4 is 0 Å². The molecule has 0 aromatic carbocycles. The summed E-state index contributed by atoms with van der Waals surface area (Å²) in [5, 5.41) is 9.69. The first-order valence-corrected chi connectivity index (χ1v) is 5.91. The maximum atomic E-state index is 9.69. The Morgan fingerprint density at radius 2 is 2.13 bits per heavy atom. The molecule has 1 heterocycles. The van der Waals surface area contributed by atoms with Gasteiger partial charge in [-0.3, -0.25) is 0 Å². The first-order valence-electron chi connectivity index (χ1n) is 5.91. The van der Waals surface area contributed by atoms with E-state index in [1.165, 1.54) is 25.7 Å². The number of rotatable bonds is 7. The minimum Gasteiger partial charge on any atom is -0.391 e. The van der Waals surface area contributed by atoms with Gasteiger partial charge in [0, 0.05) is 12.4 Å². The maximum absolute atomic E-state index is 9.69. The summed E-state index contributed by atoms with van der Waals surface area (Å²) in [4.78, 5) is 4.02. The molecule has 2 atom stereocenters. The van der Waals surface area contributed by atoms with Crippen molar-refractivity contribution in [1.82, 2.24) is 9.55 Å². The topological polar surface area (TPSA) is 38.0 Å². The molecule has 0 saturated carbocycles. The highest BCUT2D eigenvalue weighted by Gasteiger charge is 2.15. The molecule has 1 rings (SSSR count). The van der Waals surface area contributed by atoms with E-state index in [1.54, 1.807) is 12.5 Å². The molecule has 1 aromatic heterocycles. The standard InChI is InChI=1S/C12H22N2O/c1-3-4-5-6-7-12(11(2)15)14-9-8-13-10-14/h8-12,15H,3-7H2,1-2H3/t11-,12-/m1/s1. The molecule has 0 saturated heterocycles. The molecule has 0 amide bonds. The normalized spacial score (nSPS) is 15.1. The Labute approximate surface area is 92.1 Å². The zero-order chi connectivity index (χ0) is 11.1. The van der Waals surface area contributed by atoms with E-state index in [0.29, 0.717) is 0 Å². The number of hydrogen-bond donors (Lipinski definition) is 1. The highest BCUT2D eigenvalue weighted by molar-refractivity contribution is 4.82. The van der Waals surface area contributed by atoms with Crippen LogP contribution in [0.25, 0.3) is 0 Å².